The van der Waals surface area contributed by atoms with E-state index in [-0.39, 0.29) is 6.61 Å². The van der Waals surface area contributed by atoms with E-state index in [2.05, 4.69) is 10.5 Å². The number of aryl methyl sites for hydroxylation is 1. The molecule has 0 saturated carbocycles. The van der Waals surface area contributed by atoms with Crippen LogP contribution in [0.15, 0.2) is 96.1 Å². The third kappa shape index (κ3) is 5.62. The van der Waals surface area contributed by atoms with Gasteiger partial charge in [0.2, 0.25) is 0 Å². The number of nitrogens with one attached hydrogen (secondary N) is 1. The van der Waals surface area contributed by atoms with Crippen molar-refractivity contribution in [2.24, 2.45) is 5.10 Å². The molecule has 6 nitrogen and oxygen atoms in total. The number of benzene rings is 4. The van der Waals surface area contributed by atoms with Crippen LogP contribution in [0.1, 0.15) is 21.5 Å². The van der Waals surface area contributed by atoms with Crippen molar-refractivity contribution in [3.8, 4) is 11.5 Å². The van der Waals surface area contributed by atoms with Crippen LogP contribution in [0.25, 0.3) is 10.8 Å². The molecule has 4 aromatic carbocycles. The van der Waals surface area contributed by atoms with Crippen LogP contribution in [0.5, 0.6) is 11.5 Å². The van der Waals surface area contributed by atoms with Crippen molar-refractivity contribution in [3.05, 3.63) is 108 Å². The van der Waals surface area contributed by atoms with Gasteiger partial charge in [0, 0.05) is 5.56 Å². The van der Waals surface area contributed by atoms with E-state index in [1.807, 2.05) is 55.5 Å². The first-order valence-corrected chi connectivity index (χ1v) is 10.4. The summed E-state index contributed by atoms with van der Waals surface area (Å²) in [6, 6.07) is 27.4. The maximum absolute atomic E-state index is 12.6. The molecule has 0 fully saturated rings. The number of amides is 1. The number of nitrogens with zero attached hydrogens (tertiary/aromatic N) is 1. The Morgan fingerprint density at radius 2 is 1.61 bits per heavy atom. The van der Waals surface area contributed by atoms with E-state index in [9.17, 15) is 9.59 Å². The molecular formula is C27H22N2O4. The molecule has 0 atom stereocenters. The first-order valence-electron chi connectivity index (χ1n) is 10.4. The normalized spacial score (nSPS) is 10.8. The summed E-state index contributed by atoms with van der Waals surface area (Å²) < 4.78 is 11.1. The largest absolute Gasteiger partial charge is 0.484 e. The van der Waals surface area contributed by atoms with Gasteiger partial charge in [-0.25, -0.2) is 10.2 Å². The van der Waals surface area contributed by atoms with E-state index in [1.54, 1.807) is 42.5 Å². The Morgan fingerprint density at radius 1 is 0.879 bits per heavy atom. The summed E-state index contributed by atoms with van der Waals surface area (Å²) in [5, 5.41) is 5.85. The average Bonchev–Trinajstić information content (AvgIpc) is 2.85. The van der Waals surface area contributed by atoms with Gasteiger partial charge in [0.05, 0.1) is 11.8 Å². The average molecular weight is 438 g/mol. The molecule has 33 heavy (non-hydrogen) atoms. The second-order valence-electron chi connectivity index (χ2n) is 7.35. The lowest BCUT2D eigenvalue weighted by atomic mass is 10.0. The van der Waals surface area contributed by atoms with Crippen LogP contribution in [0.2, 0.25) is 0 Å². The first-order chi connectivity index (χ1) is 16.1. The number of carbonyl (C=O) groups is 2. The number of rotatable bonds is 7. The predicted octanol–water partition coefficient (Wildman–Crippen LogP) is 4.90. The SMILES string of the molecule is Cc1ccc(OCC(=O)N/N=C\c2c(OC(=O)c3ccccc3)ccc3ccccc23)cc1. The van der Waals surface area contributed by atoms with E-state index in [1.165, 1.54) is 6.21 Å². The molecule has 0 aliphatic rings. The lowest BCUT2D eigenvalue weighted by Gasteiger charge is -2.10. The molecule has 0 aliphatic carbocycles. The summed E-state index contributed by atoms with van der Waals surface area (Å²) >= 11 is 0. The number of esters is 1. The Kier molecular flexibility index (Phi) is 6.75. The van der Waals surface area contributed by atoms with Crippen LogP contribution in [-0.2, 0) is 4.79 Å². The highest BCUT2D eigenvalue weighted by Gasteiger charge is 2.13. The fourth-order valence-corrected chi connectivity index (χ4v) is 3.22. The third-order valence-electron chi connectivity index (χ3n) is 4.92. The maximum atomic E-state index is 12.6. The zero-order valence-corrected chi connectivity index (χ0v) is 18.0. The molecular weight excluding hydrogens is 416 g/mol. The summed E-state index contributed by atoms with van der Waals surface area (Å²) in [4.78, 5) is 24.7. The van der Waals surface area contributed by atoms with Crippen molar-refractivity contribution in [1.29, 1.82) is 0 Å². The second kappa shape index (κ2) is 10.2. The Morgan fingerprint density at radius 3 is 2.39 bits per heavy atom. The number of fused-ring (bicyclic) bond motifs is 1. The Balaban J connectivity index is 1.49. The Hall–Kier alpha value is -4.45. The topological polar surface area (TPSA) is 77.0 Å². The summed E-state index contributed by atoms with van der Waals surface area (Å²) in [5.41, 5.74) is 4.58. The van der Waals surface area contributed by atoms with Crippen LogP contribution in [0.4, 0.5) is 0 Å². The number of hydrogen-bond donors (Lipinski definition) is 1. The van der Waals surface area contributed by atoms with E-state index in [4.69, 9.17) is 9.47 Å². The number of hydrazone groups is 1. The minimum Gasteiger partial charge on any atom is -0.484 e. The van der Waals surface area contributed by atoms with Crippen LogP contribution in [0.3, 0.4) is 0 Å². The van der Waals surface area contributed by atoms with Gasteiger partial charge in [-0.15, -0.1) is 0 Å². The van der Waals surface area contributed by atoms with Crippen LogP contribution in [-0.4, -0.2) is 24.7 Å². The van der Waals surface area contributed by atoms with Gasteiger partial charge in [-0.3, -0.25) is 4.79 Å². The van der Waals surface area contributed by atoms with E-state index >= 15 is 0 Å². The van der Waals surface area contributed by atoms with Crippen molar-refractivity contribution in [3.63, 3.8) is 0 Å². The molecule has 0 unspecified atom stereocenters. The zero-order valence-electron chi connectivity index (χ0n) is 18.0. The second-order valence-corrected chi connectivity index (χ2v) is 7.35. The van der Waals surface area contributed by atoms with Crippen molar-refractivity contribution >= 4 is 28.9 Å². The number of ether oxygens (including phenoxy) is 2. The lowest BCUT2D eigenvalue weighted by Crippen LogP contribution is -2.24. The minimum atomic E-state index is -0.476. The summed E-state index contributed by atoms with van der Waals surface area (Å²) in [6.45, 7) is 1.80. The molecule has 1 amide bonds. The molecule has 6 heteroatoms. The number of carbonyl (C=O) groups excluding carboxylic acids is 2. The van der Waals surface area contributed by atoms with Crippen molar-refractivity contribution in [1.82, 2.24) is 5.43 Å². The number of hydrogen-bond acceptors (Lipinski definition) is 5. The van der Waals surface area contributed by atoms with E-state index < -0.39 is 11.9 Å². The zero-order chi connectivity index (χ0) is 23.0. The maximum Gasteiger partial charge on any atom is 0.343 e. The highest BCUT2D eigenvalue weighted by Crippen LogP contribution is 2.27. The van der Waals surface area contributed by atoms with Gasteiger partial charge in [-0.1, -0.05) is 66.2 Å². The van der Waals surface area contributed by atoms with E-state index in [0.29, 0.717) is 22.6 Å². The standard InChI is InChI=1S/C27H22N2O4/c1-19-11-14-22(15-12-19)32-18-26(30)29-28-17-24-23-10-6-5-7-20(23)13-16-25(24)33-27(31)21-8-3-2-4-9-21/h2-17H,18H2,1H3,(H,29,30)/b28-17-. The Labute approximate surface area is 191 Å². The van der Waals surface area contributed by atoms with Crippen LogP contribution >= 0.6 is 0 Å². The molecule has 1 N–H and O–H groups in total. The van der Waals surface area contributed by atoms with Gasteiger partial charge >= 0.3 is 5.97 Å². The summed E-state index contributed by atoms with van der Waals surface area (Å²) in [6.07, 6.45) is 1.47. The monoisotopic (exact) mass is 438 g/mol. The molecule has 0 radical (unpaired) electrons. The molecule has 0 saturated heterocycles. The third-order valence-corrected chi connectivity index (χ3v) is 4.92. The fourth-order valence-electron chi connectivity index (χ4n) is 3.22. The van der Waals surface area contributed by atoms with Crippen molar-refractivity contribution in [2.75, 3.05) is 6.61 Å². The van der Waals surface area contributed by atoms with Crippen molar-refractivity contribution < 1.29 is 19.1 Å². The van der Waals surface area contributed by atoms with Crippen molar-refractivity contribution in [2.45, 2.75) is 6.92 Å². The molecule has 4 rings (SSSR count). The Bertz CT molecular complexity index is 1300. The summed E-state index contributed by atoms with van der Waals surface area (Å²) in [5.74, 6) is 0.0614. The predicted molar refractivity (Wildman–Crippen MR) is 128 cm³/mol. The van der Waals surface area contributed by atoms with Gasteiger partial charge in [0.1, 0.15) is 11.5 Å². The van der Waals surface area contributed by atoms with E-state index in [0.717, 1.165) is 16.3 Å². The highest BCUT2D eigenvalue weighted by atomic mass is 16.5. The van der Waals surface area contributed by atoms with Gasteiger partial charge in [0.15, 0.2) is 6.61 Å². The smallest absolute Gasteiger partial charge is 0.343 e. The molecule has 0 aliphatic heterocycles. The quantitative estimate of drug-likeness (QED) is 0.193. The highest BCUT2D eigenvalue weighted by molar-refractivity contribution is 6.04. The fraction of sp³-hybridized carbons (Fsp3) is 0.0741. The molecule has 0 spiro atoms. The molecule has 0 bridgehead atoms. The van der Waals surface area contributed by atoms with Gasteiger partial charge in [-0.05, 0) is 48.0 Å². The molecule has 0 aromatic heterocycles. The van der Waals surface area contributed by atoms with Crippen LogP contribution < -0.4 is 14.9 Å². The molecule has 164 valence electrons. The summed E-state index contributed by atoms with van der Waals surface area (Å²) in [7, 11) is 0. The molecule has 4 aromatic rings. The molecule has 0 heterocycles. The van der Waals surface area contributed by atoms with Crippen LogP contribution in [0, 0.1) is 6.92 Å². The van der Waals surface area contributed by atoms with Gasteiger partial charge < -0.3 is 9.47 Å². The van der Waals surface area contributed by atoms with Gasteiger partial charge in [-0.2, -0.15) is 5.10 Å². The minimum absolute atomic E-state index is 0.175. The lowest BCUT2D eigenvalue weighted by molar-refractivity contribution is -0.123. The van der Waals surface area contributed by atoms with Gasteiger partial charge in [0.25, 0.3) is 5.91 Å². The first kappa shape index (κ1) is 21.8.